The van der Waals surface area contributed by atoms with Gasteiger partial charge in [-0.1, -0.05) is 29.5 Å². The molecule has 0 radical (unpaired) electrons. The van der Waals surface area contributed by atoms with Crippen LogP contribution in [0.2, 0.25) is 0 Å². The predicted molar refractivity (Wildman–Crippen MR) is 69.5 cm³/mol. The van der Waals surface area contributed by atoms with Crippen LogP contribution >= 0.6 is 11.3 Å². The van der Waals surface area contributed by atoms with E-state index in [4.69, 9.17) is 5.73 Å². The minimum atomic E-state index is 0.650. The van der Waals surface area contributed by atoms with Crippen LogP contribution in [-0.2, 0) is 0 Å². The van der Waals surface area contributed by atoms with E-state index < -0.39 is 0 Å². The zero-order valence-corrected chi connectivity index (χ0v) is 9.68. The van der Waals surface area contributed by atoms with E-state index in [1.807, 2.05) is 0 Å². The second kappa shape index (κ2) is 3.88. The van der Waals surface area contributed by atoms with Gasteiger partial charge in [-0.2, -0.15) is 0 Å². The Balaban J connectivity index is 2.18. The van der Waals surface area contributed by atoms with Gasteiger partial charge in [0.15, 0.2) is 5.13 Å². The molecule has 0 saturated heterocycles. The molecule has 0 bridgehead atoms. The van der Waals surface area contributed by atoms with Crippen molar-refractivity contribution in [2.75, 3.05) is 18.8 Å². The van der Waals surface area contributed by atoms with Gasteiger partial charge in [0.2, 0.25) is 0 Å². The number of para-hydroxylation sites is 1. The van der Waals surface area contributed by atoms with E-state index in [1.54, 1.807) is 11.3 Å². The first-order valence-corrected chi connectivity index (χ1v) is 6.21. The maximum Gasteiger partial charge on any atom is 0.181 e. The Morgan fingerprint density at radius 1 is 1.38 bits per heavy atom. The number of nitrogens with two attached hydrogens (primary N) is 1. The van der Waals surface area contributed by atoms with Gasteiger partial charge in [0, 0.05) is 12.1 Å². The van der Waals surface area contributed by atoms with Crippen molar-refractivity contribution in [1.82, 2.24) is 10.3 Å². The molecule has 0 amide bonds. The quantitative estimate of drug-likeness (QED) is 0.791. The number of nitrogen functional groups attached to an aromatic ring is 1. The largest absolute Gasteiger partial charge is 0.375 e. The summed E-state index contributed by atoms with van der Waals surface area (Å²) < 4.78 is 1.18. The van der Waals surface area contributed by atoms with Crippen molar-refractivity contribution in [2.45, 2.75) is 6.42 Å². The SMILES string of the molecule is Nc1nc2c(C3=CCNCC3)cccc2s1. The first-order valence-electron chi connectivity index (χ1n) is 5.40. The molecule has 0 aliphatic carbocycles. The highest BCUT2D eigenvalue weighted by atomic mass is 32.1. The van der Waals surface area contributed by atoms with Crippen molar-refractivity contribution in [2.24, 2.45) is 0 Å². The third-order valence-electron chi connectivity index (χ3n) is 2.85. The summed E-state index contributed by atoms with van der Waals surface area (Å²) in [7, 11) is 0. The highest BCUT2D eigenvalue weighted by molar-refractivity contribution is 7.22. The van der Waals surface area contributed by atoms with Gasteiger partial charge in [-0.25, -0.2) is 4.98 Å². The Labute approximate surface area is 98.0 Å². The first kappa shape index (κ1) is 9.81. The number of nitrogens with one attached hydrogen (secondary N) is 1. The number of rotatable bonds is 1. The minimum absolute atomic E-state index is 0.650. The fourth-order valence-electron chi connectivity index (χ4n) is 2.09. The Bertz CT molecular complexity index is 556. The average Bonchev–Trinajstić information content (AvgIpc) is 2.70. The molecule has 0 spiro atoms. The van der Waals surface area contributed by atoms with E-state index in [2.05, 4.69) is 34.6 Å². The minimum Gasteiger partial charge on any atom is -0.375 e. The third-order valence-corrected chi connectivity index (χ3v) is 3.70. The number of anilines is 1. The molecular formula is C12H13N3S. The molecule has 1 aromatic heterocycles. The molecule has 3 N–H and O–H groups in total. The lowest BCUT2D eigenvalue weighted by atomic mass is 9.99. The van der Waals surface area contributed by atoms with Gasteiger partial charge in [0.1, 0.15) is 0 Å². The maximum absolute atomic E-state index is 5.76. The molecule has 4 heteroatoms. The number of thiazole rings is 1. The van der Waals surface area contributed by atoms with E-state index in [0.717, 1.165) is 25.0 Å². The van der Waals surface area contributed by atoms with Crippen LogP contribution in [0, 0.1) is 0 Å². The smallest absolute Gasteiger partial charge is 0.181 e. The van der Waals surface area contributed by atoms with Crippen molar-refractivity contribution in [3.63, 3.8) is 0 Å². The maximum atomic E-state index is 5.76. The molecule has 3 nitrogen and oxygen atoms in total. The summed E-state index contributed by atoms with van der Waals surface area (Å²) in [5, 5.41) is 3.97. The van der Waals surface area contributed by atoms with Crippen LogP contribution in [0.25, 0.3) is 15.8 Å². The summed E-state index contributed by atoms with van der Waals surface area (Å²) in [6, 6.07) is 6.30. The van der Waals surface area contributed by atoms with Crippen LogP contribution < -0.4 is 11.1 Å². The summed E-state index contributed by atoms with van der Waals surface area (Å²) in [6.07, 6.45) is 3.31. The van der Waals surface area contributed by atoms with Crippen LogP contribution in [0.1, 0.15) is 12.0 Å². The number of benzene rings is 1. The summed E-state index contributed by atoms with van der Waals surface area (Å²) in [6.45, 7) is 1.99. The lowest BCUT2D eigenvalue weighted by Gasteiger charge is -2.14. The Morgan fingerprint density at radius 3 is 3.12 bits per heavy atom. The number of fused-ring (bicyclic) bond motifs is 1. The molecule has 82 valence electrons. The lowest BCUT2D eigenvalue weighted by Crippen LogP contribution is -2.20. The van der Waals surface area contributed by atoms with Crippen molar-refractivity contribution in [3.05, 3.63) is 29.8 Å². The molecule has 3 rings (SSSR count). The van der Waals surface area contributed by atoms with Crippen molar-refractivity contribution in [1.29, 1.82) is 0 Å². The highest BCUT2D eigenvalue weighted by Crippen LogP contribution is 2.31. The van der Waals surface area contributed by atoms with Gasteiger partial charge in [-0.15, -0.1) is 0 Å². The zero-order valence-electron chi connectivity index (χ0n) is 8.86. The van der Waals surface area contributed by atoms with Crippen LogP contribution in [-0.4, -0.2) is 18.1 Å². The standard InChI is InChI=1S/C12H13N3S/c13-12-15-11-9(2-1-3-10(11)16-12)8-4-6-14-7-5-8/h1-4,14H,5-7H2,(H2,13,15). The van der Waals surface area contributed by atoms with E-state index in [1.165, 1.54) is 15.8 Å². The van der Waals surface area contributed by atoms with Crippen LogP contribution in [0.4, 0.5) is 5.13 Å². The number of hydrogen-bond acceptors (Lipinski definition) is 4. The van der Waals surface area contributed by atoms with Crippen molar-refractivity contribution >= 4 is 32.3 Å². The number of nitrogens with zero attached hydrogens (tertiary/aromatic N) is 1. The molecule has 2 heterocycles. The molecule has 0 atom stereocenters. The van der Waals surface area contributed by atoms with Gasteiger partial charge in [0.25, 0.3) is 0 Å². The monoisotopic (exact) mass is 231 g/mol. The molecule has 0 saturated carbocycles. The number of aromatic nitrogens is 1. The molecule has 1 aromatic carbocycles. The summed E-state index contributed by atoms with van der Waals surface area (Å²) >= 11 is 1.55. The molecule has 0 fully saturated rings. The molecule has 1 aliphatic rings. The molecule has 16 heavy (non-hydrogen) atoms. The average molecular weight is 231 g/mol. The fraction of sp³-hybridized carbons (Fsp3) is 0.250. The van der Waals surface area contributed by atoms with Gasteiger partial charge in [-0.05, 0) is 24.6 Å². The molecule has 0 unspecified atom stereocenters. The summed E-state index contributed by atoms with van der Waals surface area (Å²) in [5.41, 5.74) is 9.44. The molecule has 1 aliphatic heterocycles. The second-order valence-corrected chi connectivity index (χ2v) is 4.95. The van der Waals surface area contributed by atoms with Gasteiger partial charge in [0.05, 0.1) is 10.2 Å². The Morgan fingerprint density at radius 2 is 2.31 bits per heavy atom. The zero-order chi connectivity index (χ0) is 11.0. The topological polar surface area (TPSA) is 50.9 Å². The van der Waals surface area contributed by atoms with Crippen molar-refractivity contribution < 1.29 is 0 Å². The second-order valence-electron chi connectivity index (χ2n) is 3.89. The normalized spacial score (nSPS) is 16.4. The number of hydrogen-bond donors (Lipinski definition) is 2. The summed E-state index contributed by atoms with van der Waals surface area (Å²) in [4.78, 5) is 4.42. The van der Waals surface area contributed by atoms with E-state index in [9.17, 15) is 0 Å². The van der Waals surface area contributed by atoms with Crippen LogP contribution in [0.3, 0.4) is 0 Å². The van der Waals surface area contributed by atoms with Gasteiger partial charge >= 0.3 is 0 Å². The molecular weight excluding hydrogens is 218 g/mol. The van der Waals surface area contributed by atoms with Gasteiger partial charge in [-0.3, -0.25) is 0 Å². The van der Waals surface area contributed by atoms with E-state index in [0.29, 0.717) is 5.13 Å². The predicted octanol–water partition coefficient (Wildman–Crippen LogP) is 2.26. The lowest BCUT2D eigenvalue weighted by molar-refractivity contribution is 0.739. The fourth-order valence-corrected chi connectivity index (χ4v) is 2.85. The summed E-state index contributed by atoms with van der Waals surface area (Å²) in [5.74, 6) is 0. The van der Waals surface area contributed by atoms with Crippen LogP contribution in [0.15, 0.2) is 24.3 Å². The van der Waals surface area contributed by atoms with E-state index in [-0.39, 0.29) is 0 Å². The Hall–Kier alpha value is -1.39. The highest BCUT2D eigenvalue weighted by Gasteiger charge is 2.11. The van der Waals surface area contributed by atoms with E-state index >= 15 is 0 Å². The van der Waals surface area contributed by atoms with Crippen molar-refractivity contribution in [3.8, 4) is 0 Å². The first-order chi connectivity index (χ1) is 7.84. The Kier molecular flexibility index (Phi) is 2.38. The van der Waals surface area contributed by atoms with Crippen LogP contribution in [0.5, 0.6) is 0 Å². The molecule has 2 aromatic rings. The third kappa shape index (κ3) is 1.60. The van der Waals surface area contributed by atoms with Gasteiger partial charge < -0.3 is 11.1 Å².